The van der Waals surface area contributed by atoms with E-state index in [4.69, 9.17) is 9.47 Å². The van der Waals surface area contributed by atoms with Crippen LogP contribution < -0.4 is 25.4 Å². The average molecular weight is 589 g/mol. The normalized spacial score (nSPS) is 10.8. The number of hydrogen-bond acceptors (Lipinski definition) is 4. The second-order valence-electron chi connectivity index (χ2n) is 10.6. The predicted molar refractivity (Wildman–Crippen MR) is 163 cm³/mol. The van der Waals surface area contributed by atoms with Gasteiger partial charge in [-0.15, -0.1) is 0 Å². The maximum absolute atomic E-state index is 11.5. The zero-order valence-electron chi connectivity index (χ0n) is 24.5. The number of methoxy groups -OCH3 is 2. The fraction of sp³-hybridized carbons (Fsp3) is 0.303. The van der Waals surface area contributed by atoms with Crippen LogP contribution in [0, 0.1) is 27.7 Å². The minimum absolute atomic E-state index is 0. The first-order chi connectivity index (χ1) is 18.0. The molecule has 4 aromatic rings. The number of benzene rings is 3. The molecular weight excluding hydrogens is 548 g/mol. The first kappa shape index (κ1) is 32.3. The van der Waals surface area contributed by atoms with Gasteiger partial charge < -0.3 is 14.6 Å². The van der Waals surface area contributed by atoms with E-state index in [0.717, 1.165) is 55.5 Å². The molecule has 4 rings (SSSR count). The molecule has 1 heterocycles. The van der Waals surface area contributed by atoms with E-state index in [0.29, 0.717) is 5.75 Å². The molecular formula is C33H41NNiO3P+. The van der Waals surface area contributed by atoms with Crippen LogP contribution in [0.25, 0.3) is 0 Å². The Kier molecular flexibility index (Phi) is 11.6. The van der Waals surface area contributed by atoms with Crippen LogP contribution in [-0.2, 0) is 21.9 Å². The minimum atomic E-state index is -1.63. The second kappa shape index (κ2) is 14.0. The molecule has 3 aromatic carbocycles. The van der Waals surface area contributed by atoms with Crippen LogP contribution in [0.15, 0.2) is 72.8 Å². The molecule has 0 aliphatic carbocycles. The number of nitrogens with zero attached hydrogens (tertiary/aromatic N) is 1. The summed E-state index contributed by atoms with van der Waals surface area (Å²) in [6.07, 6.45) is 0. The largest absolute Gasteiger partial charge is 0.504 e. The Bertz CT molecular complexity index is 1330. The van der Waals surface area contributed by atoms with Crippen LogP contribution in [0.2, 0.25) is 0 Å². The number of phenolic OH excluding ortho intramolecular Hbond substituents is 1. The van der Waals surface area contributed by atoms with Gasteiger partial charge in [-0.1, -0.05) is 63.2 Å². The Labute approximate surface area is 245 Å². The van der Waals surface area contributed by atoms with Gasteiger partial charge in [0.1, 0.15) is 23.8 Å². The third kappa shape index (κ3) is 7.62. The number of aryl methyl sites for hydroxylation is 4. The van der Waals surface area contributed by atoms with Gasteiger partial charge in [0.05, 0.1) is 14.2 Å². The van der Waals surface area contributed by atoms with Gasteiger partial charge in [-0.3, -0.25) is 4.98 Å². The molecule has 0 radical (unpaired) electrons. The summed E-state index contributed by atoms with van der Waals surface area (Å²) in [6.45, 7) is 14.6. The molecule has 0 amide bonds. The van der Waals surface area contributed by atoms with E-state index < -0.39 is 7.92 Å². The minimum Gasteiger partial charge on any atom is -0.504 e. The van der Waals surface area contributed by atoms with E-state index in [9.17, 15) is 5.11 Å². The van der Waals surface area contributed by atoms with Crippen molar-refractivity contribution in [2.75, 3.05) is 14.2 Å². The van der Waals surface area contributed by atoms with Gasteiger partial charge >= 0.3 is 0 Å². The Morgan fingerprint density at radius 2 is 1.10 bits per heavy atom. The molecule has 0 aliphatic rings. The summed E-state index contributed by atoms with van der Waals surface area (Å²) >= 11 is 0. The molecule has 1 N–H and O–H groups in total. The molecule has 210 valence electrons. The molecule has 1 aromatic heterocycles. The van der Waals surface area contributed by atoms with E-state index in [-0.39, 0.29) is 21.9 Å². The molecule has 6 heteroatoms. The standard InChI is InChI=1S/C26H31O3P.C7H9N.Ni/c1-17-11-8-14-20(28-6)24(17)30(25-18(2)12-9-15-21(25)29-7)22-16-10-13-19(23(22)27)26(3,4)5;1-6-4-3-5-7(2)8-6;/h8-16,27H,1-7H3;3-5H,1-2H3;/p+1. The van der Waals surface area contributed by atoms with Gasteiger partial charge in [-0.2, -0.15) is 0 Å². The van der Waals surface area contributed by atoms with Gasteiger partial charge in [0, 0.05) is 33.4 Å². The van der Waals surface area contributed by atoms with Crippen LogP contribution in [0.4, 0.5) is 0 Å². The molecule has 4 nitrogen and oxygen atoms in total. The zero-order chi connectivity index (χ0) is 28.0. The Morgan fingerprint density at radius 1 is 0.667 bits per heavy atom. The van der Waals surface area contributed by atoms with Crippen molar-refractivity contribution < 1.29 is 31.1 Å². The Hall–Kier alpha value is -2.87. The van der Waals surface area contributed by atoms with Gasteiger partial charge in [-0.25, -0.2) is 0 Å². The van der Waals surface area contributed by atoms with Crippen molar-refractivity contribution in [3.05, 3.63) is 101 Å². The molecule has 0 fully saturated rings. The van der Waals surface area contributed by atoms with Gasteiger partial charge in [-0.05, 0) is 74.6 Å². The quantitative estimate of drug-likeness (QED) is 0.213. The van der Waals surface area contributed by atoms with Crippen molar-refractivity contribution in [3.63, 3.8) is 0 Å². The molecule has 0 saturated heterocycles. The first-order valence-electron chi connectivity index (χ1n) is 12.9. The molecule has 0 aliphatic heterocycles. The summed E-state index contributed by atoms with van der Waals surface area (Å²) in [7, 11) is 1.78. The van der Waals surface area contributed by atoms with E-state index in [1.807, 2.05) is 62.4 Å². The van der Waals surface area contributed by atoms with Crippen molar-refractivity contribution in [1.29, 1.82) is 0 Å². The van der Waals surface area contributed by atoms with Crippen LogP contribution in [0.1, 0.15) is 48.8 Å². The number of para-hydroxylation sites is 1. The number of aromatic hydroxyl groups is 1. The third-order valence-electron chi connectivity index (χ3n) is 6.55. The topological polar surface area (TPSA) is 51.6 Å². The summed E-state index contributed by atoms with van der Waals surface area (Å²) in [4.78, 5) is 4.17. The van der Waals surface area contributed by atoms with Crippen molar-refractivity contribution in [1.82, 2.24) is 4.98 Å². The number of ether oxygens (including phenoxy) is 2. The smallest absolute Gasteiger partial charge is 0.162 e. The summed E-state index contributed by atoms with van der Waals surface area (Å²) in [5, 5.41) is 14.7. The van der Waals surface area contributed by atoms with E-state index >= 15 is 0 Å². The maximum Gasteiger partial charge on any atom is 0.162 e. The van der Waals surface area contributed by atoms with Gasteiger partial charge in [0.15, 0.2) is 17.2 Å². The first-order valence-corrected chi connectivity index (χ1v) is 14.4. The number of hydrogen-bond donors (Lipinski definition) is 1. The van der Waals surface area contributed by atoms with E-state index in [2.05, 4.69) is 63.9 Å². The fourth-order valence-corrected chi connectivity index (χ4v) is 7.93. The summed E-state index contributed by atoms with van der Waals surface area (Å²) in [5.74, 6) is 2.05. The number of pyridine rings is 1. The van der Waals surface area contributed by atoms with Crippen LogP contribution in [0.3, 0.4) is 0 Å². The zero-order valence-corrected chi connectivity index (χ0v) is 26.4. The monoisotopic (exact) mass is 588 g/mol. The third-order valence-corrected chi connectivity index (χ3v) is 9.77. The van der Waals surface area contributed by atoms with Gasteiger partial charge in [0.2, 0.25) is 0 Å². The number of phenols is 1. The average Bonchev–Trinajstić information content (AvgIpc) is 2.86. The van der Waals surface area contributed by atoms with Crippen molar-refractivity contribution in [3.8, 4) is 17.2 Å². The van der Waals surface area contributed by atoms with Gasteiger partial charge in [0.25, 0.3) is 0 Å². The predicted octanol–water partition coefficient (Wildman–Crippen LogP) is 6.51. The van der Waals surface area contributed by atoms with Crippen molar-refractivity contribution in [2.45, 2.75) is 53.9 Å². The van der Waals surface area contributed by atoms with Crippen LogP contribution in [0.5, 0.6) is 17.2 Å². The fourth-order valence-electron chi connectivity index (χ4n) is 4.69. The molecule has 0 unspecified atom stereocenters. The second-order valence-corrected chi connectivity index (χ2v) is 12.8. The Morgan fingerprint density at radius 3 is 1.49 bits per heavy atom. The number of aromatic nitrogens is 1. The maximum atomic E-state index is 11.5. The Balaban J connectivity index is 0.000000508. The SMILES string of the molecule is COc1cccc(C)c1[PH+](c1cccc(C(C)(C)C)c1O)c1c(C)cccc1OC.Cc1cccc(C)n1.[Ni]. The van der Waals surface area contributed by atoms with E-state index in [1.165, 1.54) is 0 Å². The van der Waals surface area contributed by atoms with Crippen molar-refractivity contribution in [2.24, 2.45) is 0 Å². The summed E-state index contributed by atoms with van der Waals surface area (Å²) < 4.78 is 11.6. The van der Waals surface area contributed by atoms with E-state index in [1.54, 1.807) is 14.2 Å². The van der Waals surface area contributed by atoms with Crippen LogP contribution >= 0.6 is 7.92 Å². The summed E-state index contributed by atoms with van der Waals surface area (Å²) in [5.41, 5.74) is 5.25. The molecule has 0 bridgehead atoms. The van der Waals surface area contributed by atoms with Crippen molar-refractivity contribution >= 4 is 23.8 Å². The summed E-state index contributed by atoms with van der Waals surface area (Å²) in [6, 6.07) is 24.4. The molecule has 0 atom stereocenters. The van der Waals surface area contributed by atoms with Crippen LogP contribution in [-0.4, -0.2) is 24.3 Å². The number of rotatable bonds is 5. The molecule has 0 spiro atoms. The molecule has 0 saturated carbocycles. The molecule has 39 heavy (non-hydrogen) atoms.